The van der Waals surface area contributed by atoms with Gasteiger partial charge in [-0.1, -0.05) is 39.2 Å². The van der Waals surface area contributed by atoms with Gasteiger partial charge in [-0.25, -0.2) is 4.39 Å². The quantitative estimate of drug-likeness (QED) is 0.458. The topological polar surface area (TPSA) is 9.23 Å². The summed E-state index contributed by atoms with van der Waals surface area (Å²) in [6.07, 6.45) is 16.4. The van der Waals surface area contributed by atoms with Crippen LogP contribution in [0.2, 0.25) is 0 Å². The monoisotopic (exact) mass is 400 g/mol. The van der Waals surface area contributed by atoms with Crippen molar-refractivity contribution in [2.24, 2.45) is 17.8 Å². The van der Waals surface area contributed by atoms with E-state index in [0.717, 1.165) is 55.6 Å². The molecule has 3 aliphatic rings. The molecule has 0 radical (unpaired) electrons. The molecule has 5 unspecified atom stereocenters. The molecule has 2 saturated carbocycles. The number of benzene rings is 1. The van der Waals surface area contributed by atoms with Crippen LogP contribution in [0.25, 0.3) is 0 Å². The molecule has 5 atom stereocenters. The maximum absolute atomic E-state index is 15.1. The summed E-state index contributed by atoms with van der Waals surface area (Å²) in [5, 5.41) is 0. The summed E-state index contributed by atoms with van der Waals surface area (Å²) in [7, 11) is 0. The molecule has 29 heavy (non-hydrogen) atoms. The molecule has 1 aromatic carbocycles. The molecule has 2 heteroatoms. The Bertz CT molecular complexity index is 669. The highest BCUT2D eigenvalue weighted by atomic mass is 19.1. The van der Waals surface area contributed by atoms with Crippen LogP contribution in [0.4, 0.5) is 4.39 Å². The van der Waals surface area contributed by atoms with Crippen LogP contribution in [0.5, 0.6) is 0 Å². The molecule has 3 aliphatic carbocycles. The van der Waals surface area contributed by atoms with Gasteiger partial charge < -0.3 is 4.74 Å². The first-order valence-electron chi connectivity index (χ1n) is 12.6. The van der Waals surface area contributed by atoms with Crippen LogP contribution in [-0.2, 0) is 17.6 Å². The fourth-order valence-electron chi connectivity index (χ4n) is 6.49. The molecular formula is C27H41FO. The van der Waals surface area contributed by atoms with Gasteiger partial charge in [0.25, 0.3) is 0 Å². The lowest BCUT2D eigenvalue weighted by Crippen LogP contribution is -2.34. The van der Waals surface area contributed by atoms with Crippen LogP contribution < -0.4 is 0 Å². The van der Waals surface area contributed by atoms with Crippen LogP contribution in [0.3, 0.4) is 0 Å². The van der Waals surface area contributed by atoms with E-state index in [1.54, 1.807) is 0 Å². The zero-order chi connectivity index (χ0) is 20.2. The average Bonchev–Trinajstić information content (AvgIpc) is 2.75. The van der Waals surface area contributed by atoms with Crippen molar-refractivity contribution in [1.82, 2.24) is 0 Å². The van der Waals surface area contributed by atoms with Gasteiger partial charge >= 0.3 is 0 Å². The Morgan fingerprint density at radius 1 is 0.931 bits per heavy atom. The second kappa shape index (κ2) is 9.94. The molecule has 0 saturated heterocycles. The summed E-state index contributed by atoms with van der Waals surface area (Å²) in [5.41, 5.74) is 3.80. The van der Waals surface area contributed by atoms with Gasteiger partial charge in [0, 0.05) is 6.61 Å². The number of rotatable bonds is 7. The molecule has 0 heterocycles. The Morgan fingerprint density at radius 2 is 1.76 bits per heavy atom. The third-order valence-electron chi connectivity index (χ3n) is 8.18. The highest BCUT2D eigenvalue weighted by molar-refractivity contribution is 5.37. The van der Waals surface area contributed by atoms with E-state index in [9.17, 15) is 0 Å². The molecule has 0 bridgehead atoms. The van der Waals surface area contributed by atoms with Gasteiger partial charge in [0.1, 0.15) is 5.82 Å². The van der Waals surface area contributed by atoms with Gasteiger partial charge in [0.15, 0.2) is 0 Å². The summed E-state index contributed by atoms with van der Waals surface area (Å²) >= 11 is 0. The molecular weight excluding hydrogens is 359 g/mol. The van der Waals surface area contributed by atoms with E-state index in [1.807, 2.05) is 6.07 Å². The predicted molar refractivity (Wildman–Crippen MR) is 119 cm³/mol. The largest absolute Gasteiger partial charge is 0.378 e. The number of fused-ring (bicyclic) bond motifs is 2. The molecule has 2 fully saturated rings. The Morgan fingerprint density at radius 3 is 2.59 bits per heavy atom. The fourth-order valence-corrected chi connectivity index (χ4v) is 6.49. The van der Waals surface area contributed by atoms with Crippen molar-refractivity contribution in [3.05, 3.63) is 34.6 Å². The minimum absolute atomic E-state index is 0.0864. The number of hydrogen-bond donors (Lipinski definition) is 0. The summed E-state index contributed by atoms with van der Waals surface area (Å²) in [4.78, 5) is 0. The van der Waals surface area contributed by atoms with Gasteiger partial charge in [-0.15, -0.1) is 0 Å². The van der Waals surface area contributed by atoms with Crippen LogP contribution in [0.1, 0.15) is 107 Å². The first kappa shape index (κ1) is 21.3. The molecule has 162 valence electrons. The van der Waals surface area contributed by atoms with Crippen LogP contribution in [0.15, 0.2) is 12.1 Å². The predicted octanol–water partition coefficient (Wildman–Crippen LogP) is 7.60. The van der Waals surface area contributed by atoms with Crippen molar-refractivity contribution < 1.29 is 9.13 Å². The van der Waals surface area contributed by atoms with E-state index in [4.69, 9.17) is 4.74 Å². The minimum atomic E-state index is 0.0864. The van der Waals surface area contributed by atoms with Crippen LogP contribution in [0, 0.1) is 23.6 Å². The van der Waals surface area contributed by atoms with Crippen molar-refractivity contribution in [1.29, 1.82) is 0 Å². The highest BCUT2D eigenvalue weighted by Crippen LogP contribution is 2.47. The van der Waals surface area contributed by atoms with Crippen molar-refractivity contribution in [3.8, 4) is 0 Å². The third kappa shape index (κ3) is 5.06. The molecule has 0 aromatic heterocycles. The van der Waals surface area contributed by atoms with Crippen molar-refractivity contribution >= 4 is 0 Å². The highest BCUT2D eigenvalue weighted by Gasteiger charge is 2.37. The van der Waals surface area contributed by atoms with Crippen LogP contribution >= 0.6 is 0 Å². The van der Waals surface area contributed by atoms with Crippen molar-refractivity contribution in [2.45, 2.75) is 109 Å². The van der Waals surface area contributed by atoms with E-state index in [-0.39, 0.29) is 5.82 Å². The minimum Gasteiger partial charge on any atom is -0.378 e. The smallest absolute Gasteiger partial charge is 0.126 e. The molecule has 1 nitrogen and oxygen atoms in total. The van der Waals surface area contributed by atoms with Gasteiger partial charge in [-0.05, 0) is 111 Å². The first-order chi connectivity index (χ1) is 14.2. The number of halogens is 1. The van der Waals surface area contributed by atoms with Gasteiger partial charge in [0.05, 0.1) is 6.10 Å². The molecule has 4 rings (SSSR count). The first-order valence-corrected chi connectivity index (χ1v) is 12.6. The lowest BCUT2D eigenvalue weighted by Gasteiger charge is -2.42. The molecule has 0 amide bonds. The normalized spacial score (nSPS) is 31.9. The molecule has 0 aliphatic heterocycles. The van der Waals surface area contributed by atoms with E-state index < -0.39 is 0 Å². The SMILES string of the molecule is CCCCC1CCc2cc(C3CCC4CC(OCCC)CCC4C3)c(F)cc2C1. The van der Waals surface area contributed by atoms with E-state index >= 15 is 4.39 Å². The second-order valence-electron chi connectivity index (χ2n) is 10.2. The number of ether oxygens (including phenoxy) is 1. The number of unbranched alkanes of at least 4 members (excludes halogenated alkanes) is 1. The maximum Gasteiger partial charge on any atom is 0.126 e. The number of hydrogen-bond acceptors (Lipinski definition) is 1. The zero-order valence-corrected chi connectivity index (χ0v) is 18.7. The Balaban J connectivity index is 1.39. The maximum atomic E-state index is 15.1. The Hall–Kier alpha value is -0.890. The zero-order valence-electron chi connectivity index (χ0n) is 18.7. The summed E-state index contributed by atoms with van der Waals surface area (Å²) in [6.45, 7) is 5.36. The molecule has 1 aromatic rings. The lowest BCUT2D eigenvalue weighted by atomic mass is 9.65. The second-order valence-corrected chi connectivity index (χ2v) is 10.2. The van der Waals surface area contributed by atoms with Crippen LogP contribution in [-0.4, -0.2) is 12.7 Å². The molecule has 0 N–H and O–H groups in total. The van der Waals surface area contributed by atoms with Gasteiger partial charge in [-0.3, -0.25) is 0 Å². The van der Waals surface area contributed by atoms with Crippen molar-refractivity contribution in [2.75, 3.05) is 6.61 Å². The van der Waals surface area contributed by atoms with E-state index in [2.05, 4.69) is 19.9 Å². The Labute approximate surface area is 177 Å². The van der Waals surface area contributed by atoms with Gasteiger partial charge in [-0.2, -0.15) is 0 Å². The standard InChI is InChI=1S/C27H41FO/c1-3-5-6-19-7-8-22-17-26(27(28)18-24(22)14-19)23-10-9-21-16-25(29-13-4-2)12-11-20(21)15-23/h17-21,23,25H,3-16H2,1-2H3. The lowest BCUT2D eigenvalue weighted by molar-refractivity contribution is -0.0148. The van der Waals surface area contributed by atoms with Crippen molar-refractivity contribution in [3.63, 3.8) is 0 Å². The van der Waals surface area contributed by atoms with E-state index in [0.29, 0.717) is 12.0 Å². The van der Waals surface area contributed by atoms with Gasteiger partial charge in [0.2, 0.25) is 0 Å². The number of aryl methyl sites for hydroxylation is 1. The third-order valence-corrected chi connectivity index (χ3v) is 8.18. The molecule has 0 spiro atoms. The average molecular weight is 401 g/mol. The summed E-state index contributed by atoms with van der Waals surface area (Å²) in [5.74, 6) is 2.88. The summed E-state index contributed by atoms with van der Waals surface area (Å²) < 4.78 is 21.2. The summed E-state index contributed by atoms with van der Waals surface area (Å²) in [6, 6.07) is 4.20. The fraction of sp³-hybridized carbons (Fsp3) is 0.778. The van der Waals surface area contributed by atoms with E-state index in [1.165, 1.54) is 68.9 Å². The Kier molecular flexibility index (Phi) is 7.32.